The number of hydrogen-bond acceptors (Lipinski definition) is 3. The van der Waals surface area contributed by atoms with Crippen molar-refractivity contribution in [3.05, 3.63) is 24.2 Å². The summed E-state index contributed by atoms with van der Waals surface area (Å²) in [5.74, 6) is 1.04. The Morgan fingerprint density at radius 1 is 1.53 bits per heavy atom. The molecule has 1 N–H and O–H groups in total. The fourth-order valence-electron chi connectivity index (χ4n) is 1.38. The van der Waals surface area contributed by atoms with E-state index >= 15 is 0 Å². The second-order valence-corrected chi connectivity index (χ2v) is 5.83. The second kappa shape index (κ2) is 5.61. The topological polar surface area (TPSA) is 25.2 Å². The van der Waals surface area contributed by atoms with Crippen molar-refractivity contribution in [3.63, 3.8) is 0 Å². The van der Waals surface area contributed by atoms with E-state index in [-0.39, 0.29) is 4.75 Å². The molecule has 1 atom stereocenters. The molecule has 0 aromatic carbocycles. The molecular weight excluding hydrogens is 206 g/mol. The monoisotopic (exact) mass is 227 g/mol. The van der Waals surface area contributed by atoms with Gasteiger partial charge in [0.2, 0.25) is 0 Å². The normalized spacial score (nSPS) is 14.1. The molecule has 0 fully saturated rings. The summed E-state index contributed by atoms with van der Waals surface area (Å²) in [4.78, 5) is 0. The molecule has 3 heteroatoms. The van der Waals surface area contributed by atoms with Gasteiger partial charge in [0.25, 0.3) is 0 Å². The van der Waals surface area contributed by atoms with E-state index in [1.165, 1.54) is 0 Å². The molecule has 0 saturated carbocycles. The van der Waals surface area contributed by atoms with Gasteiger partial charge in [0.05, 0.1) is 12.3 Å². The van der Waals surface area contributed by atoms with Crippen molar-refractivity contribution in [1.29, 1.82) is 0 Å². The number of thioether (sulfide) groups is 1. The molecule has 1 aromatic heterocycles. The maximum absolute atomic E-state index is 5.42. The summed E-state index contributed by atoms with van der Waals surface area (Å²) in [6.07, 6.45) is 4.94. The van der Waals surface area contributed by atoms with Crippen LogP contribution in [0.4, 0.5) is 0 Å². The Morgan fingerprint density at radius 3 is 2.73 bits per heavy atom. The van der Waals surface area contributed by atoms with Crippen molar-refractivity contribution >= 4 is 11.8 Å². The first-order chi connectivity index (χ1) is 7.09. The molecule has 0 aliphatic heterocycles. The van der Waals surface area contributed by atoms with E-state index in [1.807, 2.05) is 23.9 Å². The molecule has 1 aromatic rings. The smallest absolute Gasteiger partial charge is 0.120 e. The van der Waals surface area contributed by atoms with Crippen LogP contribution >= 0.6 is 11.8 Å². The molecule has 1 heterocycles. The predicted octanol–water partition coefficient (Wildman–Crippen LogP) is 3.46. The van der Waals surface area contributed by atoms with E-state index in [2.05, 4.69) is 32.3 Å². The van der Waals surface area contributed by atoms with E-state index in [9.17, 15) is 0 Å². The van der Waals surface area contributed by atoms with Crippen LogP contribution in [0.15, 0.2) is 22.8 Å². The van der Waals surface area contributed by atoms with E-state index < -0.39 is 0 Å². The Bertz CT molecular complexity index is 269. The predicted molar refractivity (Wildman–Crippen MR) is 67.3 cm³/mol. The summed E-state index contributed by atoms with van der Waals surface area (Å²) in [5, 5.41) is 3.55. The van der Waals surface area contributed by atoms with Crippen LogP contribution in [0.25, 0.3) is 0 Å². The van der Waals surface area contributed by atoms with Gasteiger partial charge in [-0.3, -0.25) is 0 Å². The van der Waals surface area contributed by atoms with Crippen LogP contribution in [0.5, 0.6) is 0 Å². The zero-order valence-electron chi connectivity index (χ0n) is 10.0. The lowest BCUT2D eigenvalue weighted by atomic mass is 10.1. The van der Waals surface area contributed by atoms with Crippen molar-refractivity contribution in [3.8, 4) is 0 Å². The average Bonchev–Trinajstić information content (AvgIpc) is 2.72. The van der Waals surface area contributed by atoms with Crippen LogP contribution < -0.4 is 5.32 Å². The molecule has 0 aliphatic carbocycles. The first-order valence-corrected chi connectivity index (χ1v) is 6.63. The molecular formula is C12H21NOS. The summed E-state index contributed by atoms with van der Waals surface area (Å²) in [5.41, 5.74) is 0. The van der Waals surface area contributed by atoms with Crippen LogP contribution in [-0.2, 0) is 0 Å². The van der Waals surface area contributed by atoms with Crippen molar-refractivity contribution in [2.24, 2.45) is 0 Å². The van der Waals surface area contributed by atoms with Gasteiger partial charge >= 0.3 is 0 Å². The van der Waals surface area contributed by atoms with Gasteiger partial charge in [-0.15, -0.1) is 0 Å². The van der Waals surface area contributed by atoms with Gasteiger partial charge in [-0.25, -0.2) is 0 Å². The first-order valence-electron chi connectivity index (χ1n) is 5.41. The van der Waals surface area contributed by atoms with Gasteiger partial charge in [-0.1, -0.05) is 6.92 Å². The SMILES string of the molecule is CCC(NCC(C)(C)SC)c1ccco1. The maximum atomic E-state index is 5.42. The highest BCUT2D eigenvalue weighted by molar-refractivity contribution is 7.99. The molecule has 1 unspecified atom stereocenters. The number of rotatable bonds is 6. The second-order valence-electron chi connectivity index (χ2n) is 4.32. The fourth-order valence-corrected chi connectivity index (χ4v) is 1.60. The highest BCUT2D eigenvalue weighted by atomic mass is 32.2. The lowest BCUT2D eigenvalue weighted by molar-refractivity contribution is 0.394. The third kappa shape index (κ3) is 3.92. The standard InChI is InChI=1S/C12H21NOS/c1-5-10(11-7-6-8-14-11)13-9-12(2,3)15-4/h6-8,10,13H,5,9H2,1-4H3. The Morgan fingerprint density at radius 2 is 2.27 bits per heavy atom. The largest absolute Gasteiger partial charge is 0.468 e. The molecule has 86 valence electrons. The quantitative estimate of drug-likeness (QED) is 0.805. The van der Waals surface area contributed by atoms with Crippen molar-refractivity contribution in [2.75, 3.05) is 12.8 Å². The van der Waals surface area contributed by atoms with Crippen LogP contribution in [0.3, 0.4) is 0 Å². The summed E-state index contributed by atoms with van der Waals surface area (Å²) >= 11 is 1.88. The molecule has 0 saturated heterocycles. The van der Waals surface area contributed by atoms with E-state index in [4.69, 9.17) is 4.42 Å². The minimum Gasteiger partial charge on any atom is -0.468 e. The summed E-state index contributed by atoms with van der Waals surface area (Å²) < 4.78 is 5.69. The number of nitrogens with one attached hydrogen (secondary N) is 1. The molecule has 1 rings (SSSR count). The minimum absolute atomic E-state index is 0.278. The maximum Gasteiger partial charge on any atom is 0.120 e. The summed E-state index contributed by atoms with van der Waals surface area (Å²) in [6.45, 7) is 7.67. The van der Waals surface area contributed by atoms with Gasteiger partial charge < -0.3 is 9.73 Å². The average molecular weight is 227 g/mol. The number of furan rings is 1. The van der Waals surface area contributed by atoms with Crippen molar-refractivity contribution in [1.82, 2.24) is 5.32 Å². The van der Waals surface area contributed by atoms with Crippen molar-refractivity contribution in [2.45, 2.75) is 38.0 Å². The van der Waals surface area contributed by atoms with Gasteiger partial charge in [0.1, 0.15) is 5.76 Å². The Labute approximate surface area is 96.8 Å². The third-order valence-electron chi connectivity index (χ3n) is 2.62. The molecule has 0 bridgehead atoms. The Hall–Kier alpha value is -0.410. The highest BCUT2D eigenvalue weighted by Gasteiger charge is 2.19. The molecule has 0 aliphatic rings. The summed E-state index contributed by atoms with van der Waals surface area (Å²) in [7, 11) is 0. The first kappa shape index (κ1) is 12.7. The van der Waals surface area contributed by atoms with E-state index in [1.54, 1.807) is 6.26 Å². The molecule has 0 spiro atoms. The van der Waals surface area contributed by atoms with Gasteiger partial charge in [-0.05, 0) is 38.7 Å². The zero-order valence-corrected chi connectivity index (χ0v) is 10.9. The van der Waals surface area contributed by atoms with Crippen LogP contribution in [-0.4, -0.2) is 17.5 Å². The lowest BCUT2D eigenvalue weighted by Crippen LogP contribution is -2.34. The zero-order chi connectivity index (χ0) is 11.3. The molecule has 0 amide bonds. The molecule has 0 radical (unpaired) electrons. The third-order valence-corrected chi connectivity index (χ3v) is 3.87. The van der Waals surface area contributed by atoms with Gasteiger partial charge in [0, 0.05) is 11.3 Å². The van der Waals surface area contributed by atoms with Crippen LogP contribution in [0, 0.1) is 0 Å². The minimum atomic E-state index is 0.278. The Kier molecular flexibility index (Phi) is 4.74. The van der Waals surface area contributed by atoms with Crippen LogP contribution in [0.2, 0.25) is 0 Å². The van der Waals surface area contributed by atoms with Crippen molar-refractivity contribution < 1.29 is 4.42 Å². The van der Waals surface area contributed by atoms with Gasteiger partial charge in [0.15, 0.2) is 0 Å². The van der Waals surface area contributed by atoms with Gasteiger partial charge in [-0.2, -0.15) is 11.8 Å². The fraction of sp³-hybridized carbons (Fsp3) is 0.667. The lowest BCUT2D eigenvalue weighted by Gasteiger charge is -2.25. The Balaban J connectivity index is 2.49. The summed E-state index contributed by atoms with van der Waals surface area (Å²) in [6, 6.07) is 4.32. The van der Waals surface area contributed by atoms with E-state index in [0.717, 1.165) is 18.7 Å². The number of hydrogen-bond donors (Lipinski definition) is 1. The highest BCUT2D eigenvalue weighted by Crippen LogP contribution is 2.23. The molecule has 15 heavy (non-hydrogen) atoms. The molecule has 2 nitrogen and oxygen atoms in total. The van der Waals surface area contributed by atoms with E-state index in [0.29, 0.717) is 6.04 Å². The van der Waals surface area contributed by atoms with Crippen LogP contribution in [0.1, 0.15) is 39.0 Å².